The Hall–Kier alpha value is -3.44. The van der Waals surface area contributed by atoms with E-state index in [0.29, 0.717) is 28.3 Å². The van der Waals surface area contributed by atoms with Gasteiger partial charge in [-0.15, -0.1) is 0 Å². The number of nitrogens with zero attached hydrogens (tertiary/aromatic N) is 3. The molecule has 2 heterocycles. The third-order valence-electron chi connectivity index (χ3n) is 5.58. The summed E-state index contributed by atoms with van der Waals surface area (Å²) in [5.74, 6) is -2.00. The molecule has 1 aromatic carbocycles. The summed E-state index contributed by atoms with van der Waals surface area (Å²) in [5.41, 5.74) is 3.04. The van der Waals surface area contributed by atoms with Crippen LogP contribution in [0.25, 0.3) is 6.08 Å². The monoisotopic (exact) mass is 537 g/mol. The molecule has 2 fully saturated rings. The summed E-state index contributed by atoms with van der Waals surface area (Å²) in [6, 6.07) is 1.87. The topological polar surface area (TPSA) is 136 Å². The van der Waals surface area contributed by atoms with E-state index in [4.69, 9.17) is 23.2 Å². The lowest BCUT2D eigenvalue weighted by Crippen LogP contribution is -2.64. The molecule has 192 valence electrons. The van der Waals surface area contributed by atoms with Crippen molar-refractivity contribution in [1.29, 1.82) is 0 Å². The molecule has 2 atom stereocenters. The Labute approximate surface area is 217 Å². The van der Waals surface area contributed by atoms with Gasteiger partial charge in [-0.05, 0) is 43.5 Å². The lowest BCUT2D eigenvalue weighted by molar-refractivity contribution is -0.155. The SMILES string of the molecule is CC(=O)CC(C=O)NC(=O)C1CCCN2C(=O)CCN(NC(=O)/C=C/c3ccc(Cl)c(Cl)c3)C(=O)N12. The van der Waals surface area contributed by atoms with E-state index in [1.165, 1.54) is 24.1 Å². The molecule has 0 radical (unpaired) electrons. The molecule has 0 aliphatic carbocycles. The van der Waals surface area contributed by atoms with Crippen molar-refractivity contribution in [3.05, 3.63) is 39.9 Å². The number of benzene rings is 1. The van der Waals surface area contributed by atoms with E-state index in [9.17, 15) is 28.8 Å². The maximum absolute atomic E-state index is 13.3. The molecule has 1 aromatic rings. The number of hydrogen-bond acceptors (Lipinski definition) is 6. The van der Waals surface area contributed by atoms with E-state index in [1.807, 2.05) is 0 Å². The maximum Gasteiger partial charge on any atom is 0.358 e. The van der Waals surface area contributed by atoms with Crippen LogP contribution in [0.15, 0.2) is 24.3 Å². The van der Waals surface area contributed by atoms with Crippen molar-refractivity contribution in [3.8, 4) is 0 Å². The van der Waals surface area contributed by atoms with Gasteiger partial charge in [-0.1, -0.05) is 29.3 Å². The van der Waals surface area contributed by atoms with Gasteiger partial charge in [-0.2, -0.15) is 0 Å². The Kier molecular flexibility index (Phi) is 9.05. The van der Waals surface area contributed by atoms with Gasteiger partial charge in [0.1, 0.15) is 18.1 Å². The molecule has 2 aliphatic heterocycles. The average Bonchev–Trinajstić information content (AvgIpc) is 2.96. The average molecular weight is 538 g/mol. The summed E-state index contributed by atoms with van der Waals surface area (Å²) in [5, 5.41) is 6.31. The third kappa shape index (κ3) is 6.61. The fourth-order valence-electron chi connectivity index (χ4n) is 3.90. The first-order valence-electron chi connectivity index (χ1n) is 11.2. The zero-order valence-corrected chi connectivity index (χ0v) is 20.9. The molecule has 5 amide bonds. The van der Waals surface area contributed by atoms with Gasteiger partial charge in [0.2, 0.25) is 11.8 Å². The number of halogens is 2. The van der Waals surface area contributed by atoms with Crippen molar-refractivity contribution in [2.24, 2.45) is 0 Å². The van der Waals surface area contributed by atoms with Crippen LogP contribution in [0, 0.1) is 0 Å². The minimum Gasteiger partial charge on any atom is -0.344 e. The molecule has 13 heteroatoms. The number of rotatable bonds is 8. The predicted molar refractivity (Wildman–Crippen MR) is 130 cm³/mol. The standard InChI is InChI=1S/C23H25Cl2N5O6/c1-14(32)11-16(13-31)26-22(35)19-3-2-9-29-21(34)8-10-28(23(36)30(19)29)27-20(33)7-5-15-4-6-17(24)18(25)12-15/h4-7,12-13,16,19H,2-3,8-11H2,1H3,(H,26,35)(H,27,33)/b7-5+. The van der Waals surface area contributed by atoms with Crippen molar-refractivity contribution >= 4 is 65.1 Å². The molecular formula is C23H25Cl2N5O6. The largest absolute Gasteiger partial charge is 0.358 e. The lowest BCUT2D eigenvalue weighted by atomic mass is 10.1. The molecular weight excluding hydrogens is 513 g/mol. The number of hydrazine groups is 2. The number of nitrogens with one attached hydrogen (secondary N) is 2. The van der Waals surface area contributed by atoms with E-state index in [2.05, 4.69) is 10.7 Å². The lowest BCUT2D eigenvalue weighted by Gasteiger charge is -2.42. The summed E-state index contributed by atoms with van der Waals surface area (Å²) in [6.07, 6.45) is 3.52. The first-order valence-corrected chi connectivity index (χ1v) is 12.0. The Balaban J connectivity index is 1.75. The second-order valence-electron chi connectivity index (χ2n) is 8.34. The Bertz CT molecular complexity index is 1110. The van der Waals surface area contributed by atoms with E-state index in [1.54, 1.807) is 18.2 Å². The second-order valence-corrected chi connectivity index (χ2v) is 9.16. The number of aldehydes is 1. The first-order chi connectivity index (χ1) is 17.1. The van der Waals surface area contributed by atoms with E-state index in [-0.39, 0.29) is 44.0 Å². The third-order valence-corrected chi connectivity index (χ3v) is 6.32. The van der Waals surface area contributed by atoms with Crippen LogP contribution < -0.4 is 10.7 Å². The highest BCUT2D eigenvalue weighted by molar-refractivity contribution is 6.42. The summed E-state index contributed by atoms with van der Waals surface area (Å²) < 4.78 is 0. The minimum atomic E-state index is -1.10. The molecule has 11 nitrogen and oxygen atoms in total. The minimum absolute atomic E-state index is 0.0747. The van der Waals surface area contributed by atoms with Crippen molar-refractivity contribution < 1.29 is 28.8 Å². The summed E-state index contributed by atoms with van der Waals surface area (Å²) in [4.78, 5) is 74.2. The molecule has 0 spiro atoms. The number of ketones is 1. The number of Topliss-reactive ketones (excluding diaryl/α,β-unsaturated/α-hetero) is 1. The van der Waals surface area contributed by atoms with Crippen molar-refractivity contribution in [3.63, 3.8) is 0 Å². The van der Waals surface area contributed by atoms with Crippen LogP contribution >= 0.6 is 23.2 Å². The smallest absolute Gasteiger partial charge is 0.344 e. The van der Waals surface area contributed by atoms with Crippen LogP contribution in [0.2, 0.25) is 10.0 Å². The number of amides is 5. The number of hydrogen-bond donors (Lipinski definition) is 2. The second kappa shape index (κ2) is 12.0. The van der Waals surface area contributed by atoms with Crippen molar-refractivity contribution in [2.75, 3.05) is 13.1 Å². The van der Waals surface area contributed by atoms with Gasteiger partial charge in [0.05, 0.1) is 22.6 Å². The first kappa shape index (κ1) is 27.2. The van der Waals surface area contributed by atoms with Crippen molar-refractivity contribution in [1.82, 2.24) is 25.8 Å². The number of urea groups is 1. The van der Waals surface area contributed by atoms with E-state index in [0.717, 1.165) is 10.0 Å². The molecule has 2 N–H and O–H groups in total. The highest BCUT2D eigenvalue weighted by Gasteiger charge is 2.44. The highest BCUT2D eigenvalue weighted by atomic mass is 35.5. The Morgan fingerprint density at radius 1 is 1.17 bits per heavy atom. The predicted octanol–water partition coefficient (Wildman–Crippen LogP) is 1.73. The Morgan fingerprint density at radius 3 is 2.58 bits per heavy atom. The van der Waals surface area contributed by atoms with Crippen LogP contribution in [-0.4, -0.2) is 76.0 Å². The van der Waals surface area contributed by atoms with Gasteiger partial charge >= 0.3 is 6.03 Å². The van der Waals surface area contributed by atoms with Gasteiger partial charge in [0.25, 0.3) is 5.91 Å². The van der Waals surface area contributed by atoms with Crippen LogP contribution in [0.5, 0.6) is 0 Å². The fourth-order valence-corrected chi connectivity index (χ4v) is 4.20. The molecule has 0 bridgehead atoms. The van der Waals surface area contributed by atoms with Gasteiger partial charge < -0.3 is 10.1 Å². The van der Waals surface area contributed by atoms with E-state index >= 15 is 0 Å². The van der Waals surface area contributed by atoms with Gasteiger partial charge in [0.15, 0.2) is 0 Å². The van der Waals surface area contributed by atoms with Crippen LogP contribution in [0.1, 0.15) is 38.2 Å². The molecule has 2 unspecified atom stereocenters. The zero-order chi connectivity index (χ0) is 26.4. The molecule has 0 saturated carbocycles. The number of carbonyl (C=O) groups is 6. The van der Waals surface area contributed by atoms with Crippen LogP contribution in [0.4, 0.5) is 4.79 Å². The molecule has 3 rings (SSSR count). The number of fused-ring (bicyclic) bond motifs is 1. The van der Waals surface area contributed by atoms with Crippen molar-refractivity contribution in [2.45, 2.75) is 44.7 Å². The summed E-state index contributed by atoms with van der Waals surface area (Å²) in [6.45, 7) is 1.41. The van der Waals surface area contributed by atoms with Gasteiger partial charge in [-0.3, -0.25) is 24.6 Å². The Morgan fingerprint density at radius 2 is 1.92 bits per heavy atom. The summed E-state index contributed by atoms with van der Waals surface area (Å²) in [7, 11) is 0. The molecule has 2 saturated heterocycles. The molecule has 2 aliphatic rings. The summed E-state index contributed by atoms with van der Waals surface area (Å²) >= 11 is 11.9. The van der Waals surface area contributed by atoms with E-state index < -0.39 is 29.9 Å². The fraction of sp³-hybridized carbons (Fsp3) is 0.391. The van der Waals surface area contributed by atoms with Gasteiger partial charge in [-0.25, -0.2) is 19.8 Å². The zero-order valence-electron chi connectivity index (χ0n) is 19.4. The highest BCUT2D eigenvalue weighted by Crippen LogP contribution is 2.24. The molecule has 0 aromatic heterocycles. The van der Waals surface area contributed by atoms with Gasteiger partial charge in [0, 0.05) is 25.5 Å². The maximum atomic E-state index is 13.3. The van der Waals surface area contributed by atoms with Crippen LogP contribution in [-0.2, 0) is 24.0 Å². The number of carbonyl (C=O) groups excluding carboxylic acids is 6. The quantitative estimate of drug-likeness (QED) is 0.382. The normalized spacial score (nSPS) is 19.0. The van der Waals surface area contributed by atoms with Crippen LogP contribution in [0.3, 0.4) is 0 Å². The molecule has 36 heavy (non-hydrogen) atoms.